The second kappa shape index (κ2) is 9.07. The van der Waals surface area contributed by atoms with Crippen LogP contribution in [0, 0.1) is 6.92 Å². The van der Waals surface area contributed by atoms with Crippen molar-refractivity contribution in [1.29, 1.82) is 0 Å². The molecule has 0 spiro atoms. The van der Waals surface area contributed by atoms with Gasteiger partial charge in [-0.1, -0.05) is 55.0 Å². The SMILES string of the molecule is CCc1cccc2c([C@H](CC(=O)NCC[NH+](C)C)c3ccc(C)cc3)c[nH]c12. The molecule has 1 heterocycles. The Morgan fingerprint density at radius 2 is 1.89 bits per heavy atom. The van der Waals surface area contributed by atoms with Crippen LogP contribution < -0.4 is 10.2 Å². The predicted molar refractivity (Wildman–Crippen MR) is 116 cm³/mol. The van der Waals surface area contributed by atoms with Gasteiger partial charge in [0.25, 0.3) is 0 Å². The molecule has 0 radical (unpaired) electrons. The molecule has 0 aliphatic carbocycles. The topological polar surface area (TPSA) is 49.3 Å². The maximum atomic E-state index is 12.7. The molecule has 3 aromatic rings. The molecule has 4 heteroatoms. The molecule has 3 rings (SSSR count). The summed E-state index contributed by atoms with van der Waals surface area (Å²) in [5.41, 5.74) is 6.11. The van der Waals surface area contributed by atoms with E-state index >= 15 is 0 Å². The van der Waals surface area contributed by atoms with Crippen molar-refractivity contribution in [1.82, 2.24) is 10.3 Å². The van der Waals surface area contributed by atoms with Gasteiger partial charge < -0.3 is 15.2 Å². The van der Waals surface area contributed by atoms with Crippen molar-refractivity contribution in [2.24, 2.45) is 0 Å². The molecule has 2 aromatic carbocycles. The number of hydrogen-bond acceptors (Lipinski definition) is 1. The maximum absolute atomic E-state index is 12.7. The molecule has 1 atom stereocenters. The van der Waals surface area contributed by atoms with E-state index in [-0.39, 0.29) is 11.8 Å². The minimum Gasteiger partial charge on any atom is -0.361 e. The van der Waals surface area contributed by atoms with Crippen LogP contribution in [0.1, 0.15) is 41.5 Å². The van der Waals surface area contributed by atoms with Crippen LogP contribution in [-0.2, 0) is 11.2 Å². The number of quaternary nitrogens is 1. The van der Waals surface area contributed by atoms with Gasteiger partial charge in [0.05, 0.1) is 27.2 Å². The number of carbonyl (C=O) groups excluding carboxylic acids is 1. The number of para-hydroxylation sites is 1. The molecule has 28 heavy (non-hydrogen) atoms. The standard InChI is InChI=1S/C24H31N3O/c1-5-18-7-6-8-20-22(16-26-24(18)20)21(19-11-9-17(2)10-12-19)15-23(28)25-13-14-27(3)4/h6-12,16,21,26H,5,13-15H2,1-4H3,(H,25,28)/p+1/t21-/m1/s1. The van der Waals surface area contributed by atoms with E-state index in [1.165, 1.54) is 38.1 Å². The minimum atomic E-state index is 0.0353. The number of rotatable bonds is 8. The van der Waals surface area contributed by atoms with Crippen molar-refractivity contribution in [3.05, 3.63) is 70.9 Å². The van der Waals surface area contributed by atoms with E-state index in [9.17, 15) is 4.79 Å². The van der Waals surface area contributed by atoms with Crippen LogP contribution in [0.5, 0.6) is 0 Å². The summed E-state index contributed by atoms with van der Waals surface area (Å²) in [6.45, 7) is 5.89. The molecule has 0 unspecified atom stereocenters. The molecule has 0 fully saturated rings. The third-order valence-electron chi connectivity index (χ3n) is 5.41. The van der Waals surface area contributed by atoms with E-state index in [2.05, 4.69) is 86.9 Å². The van der Waals surface area contributed by atoms with Gasteiger partial charge in [-0.05, 0) is 30.0 Å². The van der Waals surface area contributed by atoms with Crippen molar-refractivity contribution in [3.63, 3.8) is 0 Å². The number of fused-ring (bicyclic) bond motifs is 1. The first kappa shape index (κ1) is 20.2. The Bertz CT molecular complexity index is 925. The Kier molecular flexibility index (Phi) is 6.53. The monoisotopic (exact) mass is 378 g/mol. The Hall–Kier alpha value is -2.59. The Morgan fingerprint density at radius 1 is 1.14 bits per heavy atom. The number of H-pyrrole nitrogens is 1. The molecule has 0 saturated heterocycles. The third kappa shape index (κ3) is 4.63. The third-order valence-corrected chi connectivity index (χ3v) is 5.41. The lowest BCUT2D eigenvalue weighted by Gasteiger charge is -2.18. The van der Waals surface area contributed by atoms with Gasteiger partial charge in [0.2, 0.25) is 5.91 Å². The summed E-state index contributed by atoms with van der Waals surface area (Å²) in [5, 5.41) is 4.31. The molecule has 1 amide bonds. The van der Waals surface area contributed by atoms with E-state index < -0.39 is 0 Å². The molecular formula is C24H32N3O+. The van der Waals surface area contributed by atoms with Crippen LogP contribution in [0.15, 0.2) is 48.7 Å². The minimum absolute atomic E-state index is 0.0353. The number of benzene rings is 2. The Morgan fingerprint density at radius 3 is 2.57 bits per heavy atom. The number of hydrogen-bond donors (Lipinski definition) is 3. The first-order chi connectivity index (χ1) is 13.5. The molecule has 4 nitrogen and oxygen atoms in total. The predicted octanol–water partition coefficient (Wildman–Crippen LogP) is 2.82. The highest BCUT2D eigenvalue weighted by Gasteiger charge is 2.22. The van der Waals surface area contributed by atoms with Gasteiger partial charge in [-0.3, -0.25) is 4.79 Å². The summed E-state index contributed by atoms with van der Waals surface area (Å²) in [6.07, 6.45) is 3.53. The highest BCUT2D eigenvalue weighted by molar-refractivity contribution is 5.88. The summed E-state index contributed by atoms with van der Waals surface area (Å²) in [6, 6.07) is 15.0. The van der Waals surface area contributed by atoms with E-state index in [0.717, 1.165) is 13.0 Å². The maximum Gasteiger partial charge on any atom is 0.221 e. The largest absolute Gasteiger partial charge is 0.361 e. The van der Waals surface area contributed by atoms with Crippen molar-refractivity contribution in [2.45, 2.75) is 32.6 Å². The van der Waals surface area contributed by atoms with Gasteiger partial charge >= 0.3 is 0 Å². The lowest BCUT2D eigenvalue weighted by Crippen LogP contribution is -3.06. The average molecular weight is 379 g/mol. The highest BCUT2D eigenvalue weighted by Crippen LogP contribution is 2.34. The second-order valence-corrected chi connectivity index (χ2v) is 7.91. The molecule has 148 valence electrons. The van der Waals surface area contributed by atoms with Gasteiger partial charge in [0.15, 0.2) is 0 Å². The van der Waals surface area contributed by atoms with E-state index in [1.54, 1.807) is 0 Å². The van der Waals surface area contributed by atoms with Gasteiger partial charge in [0.1, 0.15) is 0 Å². The second-order valence-electron chi connectivity index (χ2n) is 7.91. The fourth-order valence-corrected chi connectivity index (χ4v) is 3.74. The van der Waals surface area contributed by atoms with Gasteiger partial charge in [0, 0.05) is 29.4 Å². The fraction of sp³-hybridized carbons (Fsp3) is 0.375. The molecular weight excluding hydrogens is 346 g/mol. The zero-order valence-electron chi connectivity index (χ0n) is 17.4. The Balaban J connectivity index is 1.93. The smallest absolute Gasteiger partial charge is 0.221 e. The van der Waals surface area contributed by atoms with E-state index in [0.29, 0.717) is 13.0 Å². The summed E-state index contributed by atoms with van der Waals surface area (Å²) in [4.78, 5) is 17.5. The van der Waals surface area contributed by atoms with Gasteiger partial charge in [-0.15, -0.1) is 0 Å². The Labute approximate surface area is 167 Å². The molecule has 0 aliphatic rings. The van der Waals surface area contributed by atoms with Crippen LogP contribution in [-0.4, -0.2) is 38.1 Å². The number of aromatic nitrogens is 1. The zero-order chi connectivity index (χ0) is 20.1. The first-order valence-corrected chi connectivity index (χ1v) is 10.2. The summed E-state index contributed by atoms with van der Waals surface area (Å²) in [5.74, 6) is 0.140. The van der Waals surface area contributed by atoms with Crippen LogP contribution >= 0.6 is 0 Å². The van der Waals surface area contributed by atoms with Crippen LogP contribution in [0.3, 0.4) is 0 Å². The highest BCUT2D eigenvalue weighted by atomic mass is 16.1. The number of nitrogens with one attached hydrogen (secondary N) is 3. The average Bonchev–Trinajstić information content (AvgIpc) is 3.10. The number of carbonyl (C=O) groups is 1. The summed E-state index contributed by atoms with van der Waals surface area (Å²) in [7, 11) is 4.19. The van der Waals surface area contributed by atoms with Crippen molar-refractivity contribution in [3.8, 4) is 0 Å². The van der Waals surface area contributed by atoms with Crippen molar-refractivity contribution in [2.75, 3.05) is 27.2 Å². The van der Waals surface area contributed by atoms with Crippen LogP contribution in [0.2, 0.25) is 0 Å². The number of aromatic amines is 1. The van der Waals surface area contributed by atoms with Crippen LogP contribution in [0.4, 0.5) is 0 Å². The first-order valence-electron chi connectivity index (χ1n) is 10.2. The summed E-state index contributed by atoms with van der Waals surface area (Å²) < 4.78 is 0. The zero-order valence-corrected chi connectivity index (χ0v) is 17.4. The number of amides is 1. The van der Waals surface area contributed by atoms with Gasteiger partial charge in [-0.2, -0.15) is 0 Å². The lowest BCUT2D eigenvalue weighted by atomic mass is 9.87. The van der Waals surface area contributed by atoms with Crippen molar-refractivity contribution >= 4 is 16.8 Å². The lowest BCUT2D eigenvalue weighted by molar-refractivity contribution is -0.856. The normalized spacial score (nSPS) is 12.5. The molecule has 0 bridgehead atoms. The quantitative estimate of drug-likeness (QED) is 0.555. The number of likely N-dealkylation sites (N-methyl/N-ethyl adjacent to an activating group) is 1. The van der Waals surface area contributed by atoms with Crippen LogP contribution in [0.25, 0.3) is 10.9 Å². The molecule has 0 aliphatic heterocycles. The number of aryl methyl sites for hydroxylation is 2. The van der Waals surface area contributed by atoms with E-state index in [1.807, 2.05) is 0 Å². The molecule has 1 aromatic heterocycles. The molecule has 3 N–H and O–H groups in total. The van der Waals surface area contributed by atoms with Crippen molar-refractivity contribution < 1.29 is 9.69 Å². The van der Waals surface area contributed by atoms with Gasteiger partial charge in [-0.25, -0.2) is 0 Å². The summed E-state index contributed by atoms with van der Waals surface area (Å²) >= 11 is 0. The molecule has 0 saturated carbocycles. The fourth-order valence-electron chi connectivity index (χ4n) is 3.74. The van der Waals surface area contributed by atoms with E-state index in [4.69, 9.17) is 0 Å².